The van der Waals surface area contributed by atoms with E-state index >= 15 is 0 Å². The summed E-state index contributed by atoms with van der Waals surface area (Å²) in [6.07, 6.45) is 1.35. The van der Waals surface area contributed by atoms with Gasteiger partial charge < -0.3 is 19.4 Å². The first-order valence-corrected chi connectivity index (χ1v) is 10.9. The lowest BCUT2D eigenvalue weighted by atomic mass is 10.0. The van der Waals surface area contributed by atoms with Crippen molar-refractivity contribution in [3.63, 3.8) is 0 Å². The maximum atomic E-state index is 12.2. The molecule has 1 fully saturated rings. The molecule has 1 N–H and O–H groups in total. The summed E-state index contributed by atoms with van der Waals surface area (Å²) in [6.45, 7) is 4.28. The number of aliphatic hydroxyl groups excluding tert-OH is 1. The molecule has 1 atom stereocenters. The number of likely N-dealkylation sites (N-methyl/N-ethyl adjacent to an activating group) is 1. The van der Waals surface area contributed by atoms with E-state index in [1.807, 2.05) is 43.3 Å². The smallest absolute Gasteiger partial charge is 0.259 e. The van der Waals surface area contributed by atoms with Crippen molar-refractivity contribution in [1.82, 2.24) is 25.0 Å². The zero-order valence-corrected chi connectivity index (χ0v) is 18.5. The van der Waals surface area contributed by atoms with Gasteiger partial charge in [0.05, 0.1) is 11.2 Å². The lowest BCUT2D eigenvalue weighted by Gasteiger charge is -2.32. The Kier molecular flexibility index (Phi) is 5.47. The molecule has 1 aliphatic heterocycles. The maximum absolute atomic E-state index is 12.2. The normalized spacial score (nSPS) is 14.2. The van der Waals surface area contributed by atoms with E-state index < -0.39 is 12.0 Å². The second kappa shape index (κ2) is 8.59. The first-order valence-electron chi connectivity index (χ1n) is 10.9. The van der Waals surface area contributed by atoms with Gasteiger partial charge in [0.2, 0.25) is 0 Å². The van der Waals surface area contributed by atoms with Gasteiger partial charge in [0.1, 0.15) is 17.5 Å². The number of carbonyl (C=O) groups is 1. The lowest BCUT2D eigenvalue weighted by molar-refractivity contribution is -0.139. The number of nitrogens with zero attached hydrogens (tertiary/aromatic N) is 6. The van der Waals surface area contributed by atoms with Gasteiger partial charge in [0.25, 0.3) is 5.91 Å². The van der Waals surface area contributed by atoms with Crippen LogP contribution in [-0.2, 0) is 4.79 Å². The minimum absolute atomic E-state index is 0.112. The van der Waals surface area contributed by atoms with Crippen LogP contribution in [0.2, 0.25) is 0 Å². The summed E-state index contributed by atoms with van der Waals surface area (Å²) in [5, 5.41) is 14.4. The molecule has 9 heteroatoms. The van der Waals surface area contributed by atoms with Crippen LogP contribution in [0.25, 0.3) is 33.5 Å². The van der Waals surface area contributed by atoms with Crippen LogP contribution in [0.15, 0.2) is 53.3 Å². The van der Waals surface area contributed by atoms with Crippen molar-refractivity contribution in [2.75, 3.05) is 31.6 Å². The van der Waals surface area contributed by atoms with Crippen LogP contribution in [-0.4, -0.2) is 62.7 Å². The van der Waals surface area contributed by atoms with Gasteiger partial charge in [-0.2, -0.15) is 0 Å². The van der Waals surface area contributed by atoms with E-state index in [1.54, 1.807) is 19.4 Å². The summed E-state index contributed by atoms with van der Waals surface area (Å²) in [5.74, 6) is 0.538. The van der Waals surface area contributed by atoms with Crippen molar-refractivity contribution in [2.45, 2.75) is 19.4 Å². The molecule has 4 heterocycles. The van der Waals surface area contributed by atoms with Crippen molar-refractivity contribution < 1.29 is 14.4 Å². The van der Waals surface area contributed by atoms with Crippen LogP contribution in [0.5, 0.6) is 0 Å². The second-order valence-electron chi connectivity index (χ2n) is 8.05. The highest BCUT2D eigenvalue weighted by atomic mass is 16.5. The molecule has 1 saturated heterocycles. The van der Waals surface area contributed by atoms with Crippen LogP contribution < -0.4 is 4.90 Å². The Labute approximate surface area is 190 Å². The molecule has 4 aromatic rings. The standard InChI is InChI=1S/C24H24N6O3/c1-3-29(2)24(32)22(31)20-13-19(28-33-20)16-7-4-6-15(12-16)17-8-9-18-21(27-17)23(26-14-25-18)30-10-5-11-30/h4,6-9,12-14,22,31H,3,5,10-11H2,1-2H3/t22-/m1/s1. The van der Waals surface area contributed by atoms with E-state index in [0.717, 1.165) is 53.2 Å². The summed E-state index contributed by atoms with van der Waals surface area (Å²) in [7, 11) is 1.63. The first-order chi connectivity index (χ1) is 16.0. The molecular formula is C24H24N6O3. The molecule has 1 aliphatic rings. The van der Waals surface area contributed by atoms with Gasteiger partial charge in [0.15, 0.2) is 17.7 Å². The quantitative estimate of drug-likeness (QED) is 0.483. The summed E-state index contributed by atoms with van der Waals surface area (Å²) in [5.41, 5.74) is 4.61. The molecule has 3 aromatic heterocycles. The lowest BCUT2D eigenvalue weighted by Crippen LogP contribution is -2.37. The summed E-state index contributed by atoms with van der Waals surface area (Å²) < 4.78 is 5.28. The van der Waals surface area contributed by atoms with Gasteiger partial charge >= 0.3 is 0 Å². The zero-order valence-electron chi connectivity index (χ0n) is 18.5. The minimum atomic E-state index is -1.39. The van der Waals surface area contributed by atoms with E-state index in [-0.39, 0.29) is 5.76 Å². The fraction of sp³-hybridized carbons (Fsp3) is 0.292. The number of carbonyl (C=O) groups excluding carboxylic acids is 1. The molecular weight excluding hydrogens is 420 g/mol. The molecule has 1 aromatic carbocycles. The number of hydrogen-bond acceptors (Lipinski definition) is 8. The predicted molar refractivity (Wildman–Crippen MR) is 123 cm³/mol. The molecule has 0 saturated carbocycles. The van der Waals surface area contributed by atoms with Crippen molar-refractivity contribution in [3.05, 3.63) is 54.6 Å². The average Bonchev–Trinajstić information content (AvgIpc) is 3.32. The van der Waals surface area contributed by atoms with Gasteiger partial charge in [-0.05, 0) is 31.5 Å². The number of pyridine rings is 1. The Hall–Kier alpha value is -3.85. The van der Waals surface area contributed by atoms with Crippen molar-refractivity contribution in [1.29, 1.82) is 0 Å². The molecule has 5 rings (SSSR count). The second-order valence-corrected chi connectivity index (χ2v) is 8.05. The Morgan fingerprint density at radius 3 is 2.67 bits per heavy atom. The third-order valence-corrected chi connectivity index (χ3v) is 5.95. The Morgan fingerprint density at radius 2 is 1.94 bits per heavy atom. The number of amides is 1. The highest BCUT2D eigenvalue weighted by Crippen LogP contribution is 2.30. The molecule has 33 heavy (non-hydrogen) atoms. The number of hydrogen-bond donors (Lipinski definition) is 1. The third-order valence-electron chi connectivity index (χ3n) is 5.95. The topological polar surface area (TPSA) is 108 Å². The first kappa shape index (κ1) is 21.0. The van der Waals surface area contributed by atoms with Gasteiger partial charge in [-0.25, -0.2) is 15.0 Å². The molecule has 168 valence electrons. The fourth-order valence-corrected chi connectivity index (χ4v) is 3.73. The third kappa shape index (κ3) is 3.91. The van der Waals surface area contributed by atoms with Crippen LogP contribution in [0.1, 0.15) is 25.2 Å². The number of rotatable bonds is 6. The van der Waals surface area contributed by atoms with Crippen molar-refractivity contribution >= 4 is 22.8 Å². The van der Waals surface area contributed by atoms with Gasteiger partial charge in [-0.1, -0.05) is 23.4 Å². The van der Waals surface area contributed by atoms with Gasteiger partial charge in [0, 0.05) is 43.9 Å². The molecule has 0 radical (unpaired) electrons. The van der Waals surface area contributed by atoms with Crippen LogP contribution >= 0.6 is 0 Å². The monoisotopic (exact) mass is 444 g/mol. The average molecular weight is 444 g/mol. The minimum Gasteiger partial charge on any atom is -0.376 e. The number of anilines is 1. The molecule has 9 nitrogen and oxygen atoms in total. The van der Waals surface area contributed by atoms with Crippen LogP contribution in [0, 0.1) is 0 Å². The van der Waals surface area contributed by atoms with E-state index in [0.29, 0.717) is 12.2 Å². The molecule has 0 aliphatic carbocycles. The maximum Gasteiger partial charge on any atom is 0.259 e. The van der Waals surface area contributed by atoms with E-state index in [4.69, 9.17) is 9.51 Å². The Balaban J connectivity index is 1.46. The van der Waals surface area contributed by atoms with Crippen molar-refractivity contribution in [3.8, 4) is 22.5 Å². The van der Waals surface area contributed by atoms with Crippen LogP contribution in [0.4, 0.5) is 5.82 Å². The highest BCUT2D eigenvalue weighted by molar-refractivity contribution is 5.88. The highest BCUT2D eigenvalue weighted by Gasteiger charge is 2.25. The van der Waals surface area contributed by atoms with E-state index in [2.05, 4.69) is 20.0 Å². The number of aromatic nitrogens is 4. The van der Waals surface area contributed by atoms with Crippen molar-refractivity contribution in [2.24, 2.45) is 0 Å². The molecule has 0 bridgehead atoms. The predicted octanol–water partition coefficient (Wildman–Crippen LogP) is 3.07. The summed E-state index contributed by atoms with van der Waals surface area (Å²) >= 11 is 0. The molecule has 1 amide bonds. The number of benzene rings is 1. The number of fused-ring (bicyclic) bond motifs is 1. The van der Waals surface area contributed by atoms with E-state index in [9.17, 15) is 9.90 Å². The largest absolute Gasteiger partial charge is 0.376 e. The van der Waals surface area contributed by atoms with Gasteiger partial charge in [-0.3, -0.25) is 4.79 Å². The summed E-state index contributed by atoms with van der Waals surface area (Å²) in [4.78, 5) is 29.5. The Bertz CT molecular complexity index is 1320. The Morgan fingerprint density at radius 1 is 1.15 bits per heavy atom. The SMILES string of the molecule is CCN(C)C(=O)[C@H](O)c1cc(-c2cccc(-c3ccc4ncnc(N5CCC5)c4n3)c2)no1. The van der Waals surface area contributed by atoms with Gasteiger partial charge in [-0.15, -0.1) is 0 Å². The number of aliphatic hydroxyl groups is 1. The fourth-order valence-electron chi connectivity index (χ4n) is 3.73. The summed E-state index contributed by atoms with van der Waals surface area (Å²) in [6, 6.07) is 13.2. The van der Waals surface area contributed by atoms with Crippen LogP contribution in [0.3, 0.4) is 0 Å². The molecule has 0 spiro atoms. The van der Waals surface area contributed by atoms with E-state index in [1.165, 1.54) is 4.90 Å². The zero-order chi connectivity index (χ0) is 22.9. The molecule has 0 unspecified atom stereocenters.